The van der Waals surface area contributed by atoms with Gasteiger partial charge in [0.25, 0.3) is 10.0 Å². The molecule has 1 N–H and O–H groups in total. The Morgan fingerprint density at radius 2 is 1.71 bits per heavy atom. The molecule has 172 valence electrons. The molecule has 2 heterocycles. The van der Waals surface area contributed by atoms with Gasteiger partial charge in [0.15, 0.2) is 5.78 Å². The number of hydrogen-bond acceptors (Lipinski definition) is 5. The third-order valence-electron chi connectivity index (χ3n) is 6.14. The summed E-state index contributed by atoms with van der Waals surface area (Å²) in [6.07, 6.45) is 0.600. The van der Waals surface area contributed by atoms with Gasteiger partial charge in [-0.1, -0.05) is 37.3 Å². The van der Waals surface area contributed by atoms with Crippen molar-refractivity contribution < 1.29 is 18.3 Å². The van der Waals surface area contributed by atoms with Gasteiger partial charge in [0.2, 0.25) is 0 Å². The molecule has 0 radical (unpaired) electrons. The lowest BCUT2D eigenvalue weighted by atomic mass is 9.87. The fraction of sp³-hybridized carbons (Fsp3) is 0.148. The minimum Gasteiger partial charge on any atom is -0.508 e. The number of Topliss-reactive ketones (excluding diaryl/α,β-unsaturated/α-hetero) is 1. The average molecular weight is 490 g/mol. The first-order valence-electron chi connectivity index (χ1n) is 11.0. The minimum absolute atomic E-state index is 0.0147. The highest BCUT2D eigenvalue weighted by atomic mass is 32.2. The standard InChI is InChI=1S/C27H23NO4S2/c1-3-24-22-7-5-4-6-21(22)23-16-18(27-15-14-26(33-27)17(2)29)8-13-25(23)28(24)34(31,32)20-11-9-19(30)10-12-20/h4-16,24,30H,3H2,1-2H3. The van der Waals surface area contributed by atoms with Crippen LogP contribution in [-0.2, 0) is 10.0 Å². The molecule has 1 unspecified atom stereocenters. The molecule has 4 aromatic rings. The first-order chi connectivity index (χ1) is 16.3. The van der Waals surface area contributed by atoms with Crippen molar-refractivity contribution >= 4 is 32.8 Å². The topological polar surface area (TPSA) is 74.7 Å². The average Bonchev–Trinajstić information content (AvgIpc) is 3.34. The molecular weight excluding hydrogens is 466 g/mol. The van der Waals surface area contributed by atoms with Crippen LogP contribution >= 0.6 is 11.3 Å². The third-order valence-corrected chi connectivity index (χ3v) is 9.22. The van der Waals surface area contributed by atoms with Crippen LogP contribution in [0, 0.1) is 0 Å². The Balaban J connectivity index is 1.72. The number of hydrogen-bond donors (Lipinski definition) is 1. The Morgan fingerprint density at radius 1 is 0.971 bits per heavy atom. The zero-order valence-corrected chi connectivity index (χ0v) is 20.4. The number of thiophene rings is 1. The number of sulfonamides is 1. The number of rotatable bonds is 5. The largest absolute Gasteiger partial charge is 0.508 e. The molecule has 0 aliphatic carbocycles. The highest BCUT2D eigenvalue weighted by molar-refractivity contribution is 7.92. The van der Waals surface area contributed by atoms with Gasteiger partial charge in [0.05, 0.1) is 21.5 Å². The van der Waals surface area contributed by atoms with E-state index in [1.165, 1.54) is 39.9 Å². The van der Waals surface area contributed by atoms with Gasteiger partial charge < -0.3 is 5.11 Å². The maximum absolute atomic E-state index is 13.9. The van der Waals surface area contributed by atoms with E-state index in [0.717, 1.165) is 27.1 Å². The quantitative estimate of drug-likeness (QED) is 0.319. The Bertz CT molecular complexity index is 1500. The van der Waals surface area contributed by atoms with E-state index in [4.69, 9.17) is 0 Å². The molecule has 0 spiro atoms. The summed E-state index contributed by atoms with van der Waals surface area (Å²) >= 11 is 1.43. The lowest BCUT2D eigenvalue weighted by molar-refractivity contribution is 0.102. The summed E-state index contributed by atoms with van der Waals surface area (Å²) in [7, 11) is -3.90. The zero-order chi connectivity index (χ0) is 24.0. The number of carbonyl (C=O) groups excluding carboxylic acids is 1. The van der Waals surface area contributed by atoms with E-state index in [1.807, 2.05) is 61.5 Å². The van der Waals surface area contributed by atoms with Crippen LogP contribution in [0.3, 0.4) is 0 Å². The number of aromatic hydroxyl groups is 1. The fourth-order valence-electron chi connectivity index (χ4n) is 4.52. The van der Waals surface area contributed by atoms with Crippen LogP contribution in [0.5, 0.6) is 5.75 Å². The van der Waals surface area contributed by atoms with E-state index in [0.29, 0.717) is 17.0 Å². The molecule has 0 saturated carbocycles. The van der Waals surface area contributed by atoms with Gasteiger partial charge in [0.1, 0.15) is 5.75 Å². The number of anilines is 1. The van der Waals surface area contributed by atoms with Crippen molar-refractivity contribution in [2.45, 2.75) is 31.2 Å². The number of carbonyl (C=O) groups is 1. The van der Waals surface area contributed by atoms with E-state index in [1.54, 1.807) is 6.92 Å². The summed E-state index contributed by atoms with van der Waals surface area (Å²) in [4.78, 5) is 13.6. The third kappa shape index (κ3) is 3.61. The summed E-state index contributed by atoms with van der Waals surface area (Å²) in [6.45, 7) is 3.53. The lowest BCUT2D eigenvalue weighted by Crippen LogP contribution is -2.37. The molecule has 1 aromatic heterocycles. The Morgan fingerprint density at radius 3 is 2.38 bits per heavy atom. The second kappa shape index (κ2) is 8.42. The van der Waals surface area contributed by atoms with E-state index in [2.05, 4.69) is 0 Å². The number of benzene rings is 3. The van der Waals surface area contributed by atoms with Crippen molar-refractivity contribution in [2.24, 2.45) is 0 Å². The van der Waals surface area contributed by atoms with Crippen molar-refractivity contribution in [2.75, 3.05) is 4.31 Å². The van der Waals surface area contributed by atoms with Crippen molar-refractivity contribution in [3.05, 3.63) is 89.3 Å². The molecule has 0 fully saturated rings. The predicted molar refractivity (Wildman–Crippen MR) is 136 cm³/mol. The molecule has 34 heavy (non-hydrogen) atoms. The predicted octanol–water partition coefficient (Wildman–Crippen LogP) is 6.65. The van der Waals surface area contributed by atoms with Crippen LogP contribution in [0.25, 0.3) is 21.6 Å². The van der Waals surface area contributed by atoms with Crippen molar-refractivity contribution in [1.29, 1.82) is 0 Å². The summed E-state index contributed by atoms with van der Waals surface area (Å²) in [5, 5.41) is 9.67. The summed E-state index contributed by atoms with van der Waals surface area (Å²) in [6, 6.07) is 22.7. The zero-order valence-electron chi connectivity index (χ0n) is 18.7. The summed E-state index contributed by atoms with van der Waals surface area (Å²) in [5.41, 5.74) is 4.34. The molecule has 0 bridgehead atoms. The lowest BCUT2D eigenvalue weighted by Gasteiger charge is -2.39. The van der Waals surface area contributed by atoms with Crippen LogP contribution in [0.4, 0.5) is 5.69 Å². The van der Waals surface area contributed by atoms with Crippen LogP contribution < -0.4 is 4.31 Å². The Kier molecular flexibility index (Phi) is 5.54. The molecule has 1 atom stereocenters. The minimum atomic E-state index is -3.90. The normalized spacial score (nSPS) is 15.0. The van der Waals surface area contributed by atoms with Crippen LogP contribution in [0.2, 0.25) is 0 Å². The van der Waals surface area contributed by atoms with Gasteiger partial charge in [-0.05, 0) is 78.6 Å². The maximum Gasteiger partial charge on any atom is 0.264 e. The molecule has 7 heteroatoms. The van der Waals surface area contributed by atoms with Gasteiger partial charge in [-0.15, -0.1) is 11.3 Å². The highest BCUT2D eigenvalue weighted by Crippen LogP contribution is 2.49. The number of ketones is 1. The van der Waals surface area contributed by atoms with Crippen molar-refractivity contribution in [3.8, 4) is 27.3 Å². The van der Waals surface area contributed by atoms with Gasteiger partial charge in [-0.2, -0.15) is 0 Å². The van der Waals surface area contributed by atoms with Crippen molar-refractivity contribution in [3.63, 3.8) is 0 Å². The van der Waals surface area contributed by atoms with Crippen molar-refractivity contribution in [1.82, 2.24) is 0 Å². The van der Waals surface area contributed by atoms with Gasteiger partial charge >= 0.3 is 0 Å². The second-order valence-electron chi connectivity index (χ2n) is 8.26. The van der Waals surface area contributed by atoms with E-state index in [-0.39, 0.29) is 22.5 Å². The molecule has 5 rings (SSSR count). The maximum atomic E-state index is 13.9. The van der Waals surface area contributed by atoms with Crippen LogP contribution in [0.1, 0.15) is 41.5 Å². The monoisotopic (exact) mass is 489 g/mol. The molecule has 0 saturated heterocycles. The van der Waals surface area contributed by atoms with E-state index >= 15 is 0 Å². The Labute approximate surface area is 203 Å². The fourth-order valence-corrected chi connectivity index (χ4v) is 7.14. The Hall–Kier alpha value is -3.42. The second-order valence-corrected chi connectivity index (χ2v) is 11.2. The van der Waals surface area contributed by atoms with E-state index < -0.39 is 10.0 Å². The molecule has 1 aliphatic rings. The van der Waals surface area contributed by atoms with Gasteiger partial charge in [-0.3, -0.25) is 9.10 Å². The first kappa shape index (κ1) is 22.4. The number of fused-ring (bicyclic) bond motifs is 3. The smallest absolute Gasteiger partial charge is 0.264 e. The number of phenolic OH excluding ortho intramolecular Hbond substituents is 1. The molecular formula is C27H23NO4S2. The first-order valence-corrected chi connectivity index (χ1v) is 13.2. The van der Waals surface area contributed by atoms with E-state index in [9.17, 15) is 18.3 Å². The summed E-state index contributed by atoms with van der Waals surface area (Å²) < 4.78 is 29.3. The van der Waals surface area contributed by atoms with Gasteiger partial charge in [-0.25, -0.2) is 8.42 Å². The molecule has 5 nitrogen and oxygen atoms in total. The molecule has 0 amide bonds. The number of phenols is 1. The summed E-state index contributed by atoms with van der Waals surface area (Å²) in [5.74, 6) is 0.0393. The van der Waals surface area contributed by atoms with Crippen LogP contribution in [0.15, 0.2) is 83.8 Å². The van der Waals surface area contributed by atoms with Gasteiger partial charge in [0, 0.05) is 10.4 Å². The number of nitrogens with zero attached hydrogens (tertiary/aromatic N) is 1. The molecule has 3 aromatic carbocycles. The highest BCUT2D eigenvalue weighted by Gasteiger charge is 2.38. The van der Waals surface area contributed by atoms with Crippen LogP contribution in [-0.4, -0.2) is 19.3 Å². The SMILES string of the molecule is CCC1c2ccccc2-c2cc(-c3ccc(C(C)=O)s3)ccc2N1S(=O)(=O)c1ccc(O)cc1. The molecule has 1 aliphatic heterocycles.